The Morgan fingerprint density at radius 2 is 1.75 bits per heavy atom. The third-order valence-electron chi connectivity index (χ3n) is 2.60. The van der Waals surface area contributed by atoms with Gasteiger partial charge in [-0.25, -0.2) is 0 Å². The van der Waals surface area contributed by atoms with Crippen LogP contribution < -0.4 is 10.6 Å². The highest BCUT2D eigenvalue weighted by Crippen LogP contribution is 2.15. The number of hydrogen-bond acceptors (Lipinski definition) is 4. The van der Waals surface area contributed by atoms with Crippen molar-refractivity contribution in [1.82, 2.24) is 5.16 Å². The lowest BCUT2D eigenvalue weighted by Crippen LogP contribution is -2.11. The monoisotopic (exact) mass is 273 g/mol. The van der Waals surface area contributed by atoms with Crippen molar-refractivity contribution in [3.63, 3.8) is 0 Å². The summed E-state index contributed by atoms with van der Waals surface area (Å²) in [5.41, 5.74) is 1.94. The fraction of sp³-hybridized carbons (Fsp3) is 0.214. The molecular weight excluding hydrogens is 258 g/mol. The summed E-state index contributed by atoms with van der Waals surface area (Å²) in [7, 11) is 0. The maximum atomic E-state index is 11.8. The van der Waals surface area contributed by atoms with Crippen LogP contribution >= 0.6 is 0 Å². The van der Waals surface area contributed by atoms with E-state index in [9.17, 15) is 9.59 Å². The molecule has 6 heteroatoms. The Balaban J connectivity index is 2.00. The first-order chi connectivity index (χ1) is 9.58. The zero-order chi connectivity index (χ0) is 14.5. The number of amides is 2. The molecule has 6 nitrogen and oxygen atoms in total. The molecule has 0 aliphatic carbocycles. The highest BCUT2D eigenvalue weighted by molar-refractivity contribution is 6.02. The summed E-state index contributed by atoms with van der Waals surface area (Å²) < 4.78 is 4.87. The zero-order valence-electron chi connectivity index (χ0n) is 11.3. The van der Waals surface area contributed by atoms with Crippen LogP contribution in [0.1, 0.15) is 29.6 Å². The van der Waals surface area contributed by atoms with Gasteiger partial charge in [-0.05, 0) is 31.2 Å². The standard InChI is InChI=1S/C14H15N3O3/c1-3-13(18)15-10-4-6-11(7-5-10)16-14(19)12-8-9(2)17-20-12/h4-8H,3H2,1-2H3,(H,15,18)(H,16,19). The Kier molecular flexibility index (Phi) is 4.14. The fourth-order valence-electron chi connectivity index (χ4n) is 1.55. The van der Waals surface area contributed by atoms with E-state index in [1.807, 2.05) is 0 Å². The van der Waals surface area contributed by atoms with Crippen molar-refractivity contribution in [3.05, 3.63) is 41.8 Å². The minimum Gasteiger partial charge on any atom is -0.351 e. The number of aromatic nitrogens is 1. The van der Waals surface area contributed by atoms with E-state index >= 15 is 0 Å². The highest BCUT2D eigenvalue weighted by Gasteiger charge is 2.11. The molecule has 0 spiro atoms. The van der Waals surface area contributed by atoms with Crippen LogP contribution in [0, 0.1) is 6.92 Å². The van der Waals surface area contributed by atoms with Gasteiger partial charge in [0, 0.05) is 23.9 Å². The Bertz CT molecular complexity index is 617. The molecule has 20 heavy (non-hydrogen) atoms. The van der Waals surface area contributed by atoms with Crippen molar-refractivity contribution in [1.29, 1.82) is 0 Å². The van der Waals surface area contributed by atoms with Crippen LogP contribution in [-0.4, -0.2) is 17.0 Å². The number of hydrogen-bond donors (Lipinski definition) is 2. The topological polar surface area (TPSA) is 84.2 Å². The van der Waals surface area contributed by atoms with Crippen molar-refractivity contribution >= 4 is 23.2 Å². The molecule has 0 aliphatic heterocycles. The Labute approximate surface area is 116 Å². The predicted octanol–water partition coefficient (Wildman–Crippen LogP) is 2.58. The van der Waals surface area contributed by atoms with Gasteiger partial charge in [0.15, 0.2) is 0 Å². The molecule has 104 valence electrons. The number of nitrogens with zero attached hydrogens (tertiary/aromatic N) is 1. The van der Waals surface area contributed by atoms with Gasteiger partial charge in [0.2, 0.25) is 11.7 Å². The molecule has 2 aromatic rings. The average Bonchev–Trinajstić information content (AvgIpc) is 2.87. The number of anilines is 2. The van der Waals surface area contributed by atoms with Gasteiger partial charge >= 0.3 is 0 Å². The van der Waals surface area contributed by atoms with Crippen LogP contribution in [0.4, 0.5) is 11.4 Å². The lowest BCUT2D eigenvalue weighted by molar-refractivity contribution is -0.115. The summed E-state index contributed by atoms with van der Waals surface area (Å²) in [4.78, 5) is 23.1. The minimum absolute atomic E-state index is 0.0566. The zero-order valence-corrected chi connectivity index (χ0v) is 11.3. The molecular formula is C14H15N3O3. The van der Waals surface area contributed by atoms with E-state index in [-0.39, 0.29) is 17.6 Å². The van der Waals surface area contributed by atoms with Gasteiger partial charge in [0.1, 0.15) is 0 Å². The third-order valence-corrected chi connectivity index (χ3v) is 2.60. The van der Waals surface area contributed by atoms with E-state index < -0.39 is 0 Å². The largest absolute Gasteiger partial charge is 0.351 e. The quantitative estimate of drug-likeness (QED) is 0.896. The predicted molar refractivity (Wildman–Crippen MR) is 74.6 cm³/mol. The number of carbonyl (C=O) groups excluding carboxylic acids is 2. The van der Waals surface area contributed by atoms with E-state index in [1.54, 1.807) is 44.2 Å². The number of benzene rings is 1. The van der Waals surface area contributed by atoms with E-state index in [1.165, 1.54) is 0 Å². The minimum atomic E-state index is -0.365. The summed E-state index contributed by atoms with van der Waals surface area (Å²) in [6, 6.07) is 8.40. The van der Waals surface area contributed by atoms with E-state index in [4.69, 9.17) is 4.52 Å². The Hall–Kier alpha value is -2.63. The average molecular weight is 273 g/mol. The Morgan fingerprint density at radius 3 is 2.25 bits per heavy atom. The lowest BCUT2D eigenvalue weighted by Gasteiger charge is -2.06. The first kappa shape index (κ1) is 13.8. The lowest BCUT2D eigenvalue weighted by atomic mass is 10.2. The van der Waals surface area contributed by atoms with Crippen molar-refractivity contribution in [2.45, 2.75) is 20.3 Å². The number of nitrogens with one attached hydrogen (secondary N) is 2. The van der Waals surface area contributed by atoms with Crippen molar-refractivity contribution in [2.75, 3.05) is 10.6 Å². The molecule has 0 radical (unpaired) electrons. The van der Waals surface area contributed by atoms with Crippen LogP contribution in [0.5, 0.6) is 0 Å². The molecule has 0 aliphatic rings. The molecule has 1 aromatic carbocycles. The second-order valence-electron chi connectivity index (χ2n) is 4.27. The molecule has 1 heterocycles. The summed E-state index contributed by atoms with van der Waals surface area (Å²) in [6.45, 7) is 3.52. The molecule has 0 saturated carbocycles. The van der Waals surface area contributed by atoms with E-state index in [0.717, 1.165) is 0 Å². The van der Waals surface area contributed by atoms with E-state index in [2.05, 4.69) is 15.8 Å². The first-order valence-electron chi connectivity index (χ1n) is 6.23. The molecule has 0 saturated heterocycles. The molecule has 0 fully saturated rings. The number of aryl methyl sites for hydroxylation is 1. The molecule has 2 rings (SSSR count). The van der Waals surface area contributed by atoms with Gasteiger partial charge in [-0.2, -0.15) is 0 Å². The van der Waals surface area contributed by atoms with Crippen molar-refractivity contribution < 1.29 is 14.1 Å². The molecule has 0 atom stereocenters. The Morgan fingerprint density at radius 1 is 1.15 bits per heavy atom. The maximum absolute atomic E-state index is 11.8. The smallest absolute Gasteiger partial charge is 0.294 e. The number of rotatable bonds is 4. The summed E-state index contributed by atoms with van der Waals surface area (Å²) in [5, 5.41) is 9.06. The highest BCUT2D eigenvalue weighted by atomic mass is 16.5. The SMILES string of the molecule is CCC(=O)Nc1ccc(NC(=O)c2cc(C)no2)cc1. The van der Waals surface area contributed by atoms with Gasteiger partial charge in [0.05, 0.1) is 5.69 Å². The second kappa shape index (κ2) is 6.01. The fourth-order valence-corrected chi connectivity index (χ4v) is 1.55. The molecule has 0 unspecified atom stereocenters. The number of carbonyl (C=O) groups is 2. The van der Waals surface area contributed by atoms with Gasteiger partial charge in [-0.1, -0.05) is 12.1 Å². The summed E-state index contributed by atoms with van der Waals surface area (Å²) in [5.74, 6) is -0.263. The first-order valence-corrected chi connectivity index (χ1v) is 6.23. The molecule has 2 amide bonds. The van der Waals surface area contributed by atoms with Crippen molar-refractivity contribution in [2.24, 2.45) is 0 Å². The third kappa shape index (κ3) is 3.44. The van der Waals surface area contributed by atoms with Crippen LogP contribution in [0.3, 0.4) is 0 Å². The van der Waals surface area contributed by atoms with Gasteiger partial charge in [-0.15, -0.1) is 0 Å². The molecule has 0 bridgehead atoms. The van der Waals surface area contributed by atoms with Gasteiger partial charge in [0.25, 0.3) is 5.91 Å². The van der Waals surface area contributed by atoms with Gasteiger partial charge in [-0.3, -0.25) is 9.59 Å². The summed E-state index contributed by atoms with van der Waals surface area (Å²) in [6.07, 6.45) is 0.420. The van der Waals surface area contributed by atoms with Crippen LogP contribution in [0.15, 0.2) is 34.9 Å². The van der Waals surface area contributed by atoms with Crippen molar-refractivity contribution in [3.8, 4) is 0 Å². The van der Waals surface area contributed by atoms with E-state index in [0.29, 0.717) is 23.5 Å². The molecule has 1 aromatic heterocycles. The normalized spacial score (nSPS) is 10.1. The van der Waals surface area contributed by atoms with Crippen LogP contribution in [0.2, 0.25) is 0 Å². The molecule has 2 N–H and O–H groups in total. The second-order valence-corrected chi connectivity index (χ2v) is 4.27. The summed E-state index contributed by atoms with van der Waals surface area (Å²) >= 11 is 0. The maximum Gasteiger partial charge on any atom is 0.294 e. The van der Waals surface area contributed by atoms with Gasteiger partial charge < -0.3 is 15.2 Å². The van der Waals surface area contributed by atoms with Crippen LogP contribution in [-0.2, 0) is 4.79 Å². The van der Waals surface area contributed by atoms with Crippen LogP contribution in [0.25, 0.3) is 0 Å².